The number of hydrogen-bond acceptors (Lipinski definition) is 4. The van der Waals surface area contributed by atoms with Crippen molar-refractivity contribution in [2.24, 2.45) is 0 Å². The van der Waals surface area contributed by atoms with Crippen molar-refractivity contribution in [1.29, 1.82) is 0 Å². The van der Waals surface area contributed by atoms with Gasteiger partial charge in [0, 0.05) is 21.8 Å². The van der Waals surface area contributed by atoms with Crippen molar-refractivity contribution >= 4 is 28.1 Å². The van der Waals surface area contributed by atoms with Gasteiger partial charge in [0.15, 0.2) is 0 Å². The number of thiazole rings is 1. The number of nitrogens with zero attached hydrogens (tertiary/aromatic N) is 1. The number of fused-ring (bicyclic) bond motifs is 2. The predicted molar refractivity (Wildman–Crippen MR) is 94.6 cm³/mol. The van der Waals surface area contributed by atoms with Crippen LogP contribution in [0.15, 0.2) is 35.1 Å². The number of rotatable bonds is 2. The molecule has 4 rings (SSSR count). The van der Waals surface area contributed by atoms with E-state index >= 15 is 0 Å². The highest BCUT2D eigenvalue weighted by molar-refractivity contribution is 7.11. The van der Waals surface area contributed by atoms with Gasteiger partial charge in [-0.25, -0.2) is 4.98 Å². The van der Waals surface area contributed by atoms with Crippen molar-refractivity contribution < 1.29 is 4.79 Å². The highest BCUT2D eigenvalue weighted by Crippen LogP contribution is 2.33. The monoisotopic (exact) mass is 339 g/mol. The topological polar surface area (TPSA) is 74.8 Å². The summed E-state index contributed by atoms with van der Waals surface area (Å²) in [6, 6.07) is 8.64. The van der Waals surface area contributed by atoms with Crippen LogP contribution >= 0.6 is 11.3 Å². The molecule has 122 valence electrons. The Kier molecular flexibility index (Phi) is 3.69. The highest BCUT2D eigenvalue weighted by Gasteiger charge is 2.26. The lowest BCUT2D eigenvalue weighted by atomic mass is 9.97. The summed E-state index contributed by atoms with van der Waals surface area (Å²) in [5.74, 6) is -0.221. The summed E-state index contributed by atoms with van der Waals surface area (Å²) in [7, 11) is 0. The number of para-hydroxylation sites is 1. The van der Waals surface area contributed by atoms with Crippen LogP contribution in [0.4, 0.5) is 0 Å². The summed E-state index contributed by atoms with van der Waals surface area (Å²) in [5.41, 5.74) is 1.80. The van der Waals surface area contributed by atoms with Gasteiger partial charge in [-0.05, 0) is 32.3 Å². The third kappa shape index (κ3) is 2.63. The molecule has 24 heavy (non-hydrogen) atoms. The first-order valence-electron chi connectivity index (χ1n) is 8.01. The molecule has 0 aliphatic heterocycles. The van der Waals surface area contributed by atoms with E-state index in [-0.39, 0.29) is 17.5 Å². The van der Waals surface area contributed by atoms with Crippen LogP contribution in [0.3, 0.4) is 0 Å². The molecule has 2 heterocycles. The number of nitrogens with one attached hydrogen (secondary N) is 2. The number of hydrogen-bond donors (Lipinski definition) is 2. The van der Waals surface area contributed by atoms with Crippen LogP contribution < -0.4 is 10.9 Å². The Hall–Kier alpha value is -2.47. The number of pyridine rings is 1. The third-order valence-corrected chi connectivity index (χ3v) is 5.41. The van der Waals surface area contributed by atoms with Gasteiger partial charge in [-0.1, -0.05) is 18.2 Å². The summed E-state index contributed by atoms with van der Waals surface area (Å²) >= 11 is 1.70. The molecule has 1 aliphatic carbocycles. The van der Waals surface area contributed by atoms with Crippen molar-refractivity contribution in [3.8, 4) is 0 Å². The Morgan fingerprint density at radius 1 is 1.38 bits per heavy atom. The Morgan fingerprint density at radius 3 is 3.08 bits per heavy atom. The maximum Gasteiger partial charge on any atom is 0.252 e. The summed E-state index contributed by atoms with van der Waals surface area (Å²) in [6.45, 7) is 1.99. The molecule has 0 spiro atoms. The molecule has 5 nitrogen and oxygen atoms in total. The van der Waals surface area contributed by atoms with Crippen molar-refractivity contribution in [3.05, 3.63) is 61.8 Å². The maximum atomic E-state index is 12.8. The molecule has 2 N–H and O–H groups in total. The number of aromatic amines is 1. The molecule has 1 amide bonds. The molecule has 1 aromatic carbocycles. The number of carbonyl (C=O) groups is 1. The average molecular weight is 339 g/mol. The third-order valence-electron chi connectivity index (χ3n) is 4.36. The zero-order valence-electron chi connectivity index (χ0n) is 13.3. The quantitative estimate of drug-likeness (QED) is 0.753. The molecule has 1 unspecified atom stereocenters. The second-order valence-electron chi connectivity index (χ2n) is 6.05. The molecule has 1 aliphatic rings. The molecule has 1 atom stereocenters. The Bertz CT molecular complexity index is 989. The van der Waals surface area contributed by atoms with Gasteiger partial charge >= 0.3 is 0 Å². The van der Waals surface area contributed by atoms with Gasteiger partial charge in [0.05, 0.1) is 22.3 Å². The molecule has 3 aromatic rings. The Morgan fingerprint density at radius 2 is 2.21 bits per heavy atom. The van der Waals surface area contributed by atoms with E-state index in [1.807, 2.05) is 25.1 Å². The van der Waals surface area contributed by atoms with Crippen LogP contribution in [0.1, 0.15) is 44.8 Å². The average Bonchev–Trinajstić information content (AvgIpc) is 2.95. The van der Waals surface area contributed by atoms with Crippen molar-refractivity contribution in [3.63, 3.8) is 0 Å². The van der Waals surface area contributed by atoms with Crippen LogP contribution in [0, 0.1) is 6.92 Å². The van der Waals surface area contributed by atoms with Gasteiger partial charge in [-0.3, -0.25) is 9.59 Å². The highest BCUT2D eigenvalue weighted by atomic mass is 32.1. The molecule has 0 bridgehead atoms. The fourth-order valence-corrected chi connectivity index (χ4v) is 4.35. The van der Waals surface area contributed by atoms with Crippen molar-refractivity contribution in [1.82, 2.24) is 15.3 Å². The Balaban J connectivity index is 1.70. The molecule has 6 heteroatoms. The molecular weight excluding hydrogens is 322 g/mol. The van der Waals surface area contributed by atoms with E-state index in [0.717, 1.165) is 35.4 Å². The number of H-pyrrole nitrogens is 1. The van der Waals surface area contributed by atoms with E-state index < -0.39 is 0 Å². The van der Waals surface area contributed by atoms with E-state index in [0.29, 0.717) is 11.1 Å². The lowest BCUT2D eigenvalue weighted by Gasteiger charge is -2.22. The molecule has 0 saturated heterocycles. The molecule has 0 saturated carbocycles. The number of benzene rings is 1. The first-order valence-corrected chi connectivity index (χ1v) is 8.82. The first-order chi connectivity index (χ1) is 11.6. The van der Waals surface area contributed by atoms with Gasteiger partial charge in [0.2, 0.25) is 5.56 Å². The van der Waals surface area contributed by atoms with Crippen LogP contribution in [-0.2, 0) is 6.42 Å². The predicted octanol–water partition coefficient (Wildman–Crippen LogP) is 3.10. The standard InChI is InChI=1S/C18H17N3O2S/c1-10-19-17-14(7-4-8-15(17)24-10)21-18(23)12-9-16(22)20-13-6-3-2-5-11(12)13/h2-3,5-6,9,14H,4,7-8H2,1H3,(H,20,22)(H,21,23). The minimum atomic E-state index is -0.271. The molecule has 2 aromatic heterocycles. The van der Waals surface area contributed by atoms with E-state index in [4.69, 9.17) is 0 Å². The largest absolute Gasteiger partial charge is 0.344 e. The van der Waals surface area contributed by atoms with Crippen molar-refractivity contribution in [2.45, 2.75) is 32.2 Å². The lowest BCUT2D eigenvalue weighted by molar-refractivity contribution is 0.0933. The van der Waals surface area contributed by atoms with Crippen LogP contribution in [0.25, 0.3) is 10.9 Å². The van der Waals surface area contributed by atoms with Gasteiger partial charge in [0.25, 0.3) is 5.91 Å². The lowest BCUT2D eigenvalue weighted by Crippen LogP contribution is -2.31. The number of aryl methyl sites for hydroxylation is 2. The van der Waals surface area contributed by atoms with E-state index in [9.17, 15) is 9.59 Å². The summed E-state index contributed by atoms with van der Waals surface area (Å²) in [5, 5.41) is 4.86. The van der Waals surface area contributed by atoms with Gasteiger partial charge in [0.1, 0.15) is 0 Å². The summed E-state index contributed by atoms with van der Waals surface area (Å²) < 4.78 is 0. The van der Waals surface area contributed by atoms with Gasteiger partial charge < -0.3 is 10.3 Å². The number of carbonyl (C=O) groups excluding carboxylic acids is 1. The van der Waals surface area contributed by atoms with Crippen molar-refractivity contribution in [2.75, 3.05) is 0 Å². The summed E-state index contributed by atoms with van der Waals surface area (Å²) in [4.78, 5) is 33.3. The zero-order valence-corrected chi connectivity index (χ0v) is 14.1. The fourth-order valence-electron chi connectivity index (χ4n) is 3.31. The normalized spacial score (nSPS) is 16.8. The number of amides is 1. The molecule has 0 fully saturated rings. The second kappa shape index (κ2) is 5.87. The smallest absolute Gasteiger partial charge is 0.252 e. The number of aromatic nitrogens is 2. The van der Waals surface area contributed by atoms with E-state index in [2.05, 4.69) is 15.3 Å². The minimum Gasteiger partial charge on any atom is -0.344 e. The SMILES string of the molecule is Cc1nc2c(s1)CCCC2NC(=O)c1cc(=O)[nH]c2ccccc12. The van der Waals surface area contributed by atoms with Crippen LogP contribution in [-0.4, -0.2) is 15.9 Å². The fraction of sp³-hybridized carbons (Fsp3) is 0.278. The van der Waals surface area contributed by atoms with E-state index in [1.165, 1.54) is 10.9 Å². The van der Waals surface area contributed by atoms with Gasteiger partial charge in [-0.15, -0.1) is 11.3 Å². The second-order valence-corrected chi connectivity index (χ2v) is 7.34. The first kappa shape index (κ1) is 15.1. The summed E-state index contributed by atoms with van der Waals surface area (Å²) in [6.07, 6.45) is 2.94. The van der Waals surface area contributed by atoms with Crippen LogP contribution in [0.5, 0.6) is 0 Å². The molecule has 0 radical (unpaired) electrons. The van der Waals surface area contributed by atoms with Gasteiger partial charge in [-0.2, -0.15) is 0 Å². The van der Waals surface area contributed by atoms with Crippen LogP contribution in [0.2, 0.25) is 0 Å². The molecular formula is C18H17N3O2S. The van der Waals surface area contributed by atoms with E-state index in [1.54, 1.807) is 17.4 Å². The Labute approximate surface area is 142 Å². The zero-order chi connectivity index (χ0) is 16.7. The minimum absolute atomic E-state index is 0.0794. The maximum absolute atomic E-state index is 12.8.